The molecule has 2 amide bonds. The Morgan fingerprint density at radius 2 is 1.58 bits per heavy atom. The molecule has 162 valence electrons. The van der Waals surface area contributed by atoms with E-state index in [0.29, 0.717) is 12.1 Å². The third-order valence-corrected chi connectivity index (χ3v) is 5.33. The molecule has 0 bridgehead atoms. The van der Waals surface area contributed by atoms with Crippen LogP contribution >= 0.6 is 0 Å². The van der Waals surface area contributed by atoms with Gasteiger partial charge in [0.15, 0.2) is 0 Å². The number of para-hydroxylation sites is 1. The van der Waals surface area contributed by atoms with Crippen LogP contribution in [0.15, 0.2) is 54.6 Å². The van der Waals surface area contributed by atoms with Crippen LogP contribution in [-0.4, -0.2) is 28.1 Å². The number of hydrogen-bond donors (Lipinski definition) is 2. The van der Waals surface area contributed by atoms with Crippen LogP contribution in [0.25, 0.3) is 5.69 Å². The lowest BCUT2D eigenvalue weighted by molar-refractivity contribution is -0.120. The molecule has 0 saturated heterocycles. The molecule has 0 radical (unpaired) electrons. The predicted molar refractivity (Wildman–Crippen MR) is 122 cm³/mol. The minimum absolute atomic E-state index is 0.0273. The summed E-state index contributed by atoms with van der Waals surface area (Å²) >= 11 is 0. The number of rotatable bonds is 6. The van der Waals surface area contributed by atoms with Crippen molar-refractivity contribution < 1.29 is 9.59 Å². The minimum Gasteiger partial charge on any atom is -0.350 e. The van der Waals surface area contributed by atoms with Gasteiger partial charge in [-0.2, -0.15) is 5.10 Å². The van der Waals surface area contributed by atoms with Crippen LogP contribution in [0, 0.1) is 13.8 Å². The Morgan fingerprint density at radius 3 is 2.19 bits per heavy atom. The fraction of sp³-hybridized carbons (Fsp3) is 0.320. The highest BCUT2D eigenvalue weighted by Crippen LogP contribution is 2.22. The van der Waals surface area contributed by atoms with Gasteiger partial charge in [0.1, 0.15) is 0 Å². The van der Waals surface area contributed by atoms with Gasteiger partial charge in [-0.1, -0.05) is 51.1 Å². The first-order valence-corrected chi connectivity index (χ1v) is 10.4. The van der Waals surface area contributed by atoms with Gasteiger partial charge < -0.3 is 10.6 Å². The van der Waals surface area contributed by atoms with Gasteiger partial charge in [-0.15, -0.1) is 0 Å². The number of carbonyl (C=O) groups excluding carboxylic acids is 2. The Hall–Kier alpha value is -3.41. The molecular formula is C25H30N4O2. The van der Waals surface area contributed by atoms with Gasteiger partial charge in [0.2, 0.25) is 5.91 Å². The zero-order chi connectivity index (χ0) is 22.6. The van der Waals surface area contributed by atoms with Crippen molar-refractivity contribution in [3.63, 3.8) is 0 Å². The highest BCUT2D eigenvalue weighted by Gasteiger charge is 2.16. The summed E-state index contributed by atoms with van der Waals surface area (Å²) in [6.07, 6.45) is 0. The van der Waals surface area contributed by atoms with Gasteiger partial charge in [0, 0.05) is 23.4 Å². The summed E-state index contributed by atoms with van der Waals surface area (Å²) in [6, 6.07) is 17.4. The molecule has 0 aliphatic heterocycles. The lowest BCUT2D eigenvalue weighted by Crippen LogP contribution is -2.36. The molecule has 1 aromatic heterocycles. The SMILES string of the molecule is Cc1nn(-c2ccccc2)c(C)c1CNC(=O)CNC(=O)c1ccc(C(C)(C)C)cc1. The maximum absolute atomic E-state index is 12.3. The molecule has 0 spiro atoms. The van der Waals surface area contributed by atoms with Crippen molar-refractivity contribution in [3.05, 3.63) is 82.7 Å². The Labute approximate surface area is 183 Å². The largest absolute Gasteiger partial charge is 0.350 e. The number of aryl methyl sites for hydroxylation is 1. The van der Waals surface area contributed by atoms with Crippen molar-refractivity contribution >= 4 is 11.8 Å². The zero-order valence-electron chi connectivity index (χ0n) is 18.8. The molecule has 2 aromatic carbocycles. The van der Waals surface area contributed by atoms with Gasteiger partial charge in [-0.05, 0) is 49.1 Å². The van der Waals surface area contributed by atoms with Crippen LogP contribution < -0.4 is 10.6 Å². The molecule has 0 atom stereocenters. The molecule has 0 unspecified atom stereocenters. The highest BCUT2D eigenvalue weighted by atomic mass is 16.2. The van der Waals surface area contributed by atoms with Crippen molar-refractivity contribution in [2.45, 2.75) is 46.6 Å². The monoisotopic (exact) mass is 418 g/mol. The molecular weight excluding hydrogens is 388 g/mol. The number of aromatic nitrogens is 2. The van der Waals surface area contributed by atoms with Gasteiger partial charge in [-0.25, -0.2) is 4.68 Å². The van der Waals surface area contributed by atoms with E-state index in [4.69, 9.17) is 0 Å². The lowest BCUT2D eigenvalue weighted by atomic mass is 9.87. The maximum Gasteiger partial charge on any atom is 0.251 e. The van der Waals surface area contributed by atoms with E-state index in [1.807, 2.05) is 61.0 Å². The average molecular weight is 419 g/mol. The number of nitrogens with zero attached hydrogens (tertiary/aromatic N) is 2. The van der Waals surface area contributed by atoms with Crippen molar-refractivity contribution in [1.29, 1.82) is 0 Å². The quantitative estimate of drug-likeness (QED) is 0.639. The molecule has 6 nitrogen and oxygen atoms in total. The second-order valence-electron chi connectivity index (χ2n) is 8.68. The molecule has 0 fully saturated rings. The summed E-state index contributed by atoms with van der Waals surface area (Å²) in [5, 5.41) is 10.1. The lowest BCUT2D eigenvalue weighted by Gasteiger charge is -2.19. The molecule has 0 aliphatic carbocycles. The van der Waals surface area contributed by atoms with E-state index in [0.717, 1.165) is 28.2 Å². The summed E-state index contributed by atoms with van der Waals surface area (Å²) in [4.78, 5) is 24.6. The van der Waals surface area contributed by atoms with E-state index in [-0.39, 0.29) is 23.8 Å². The third-order valence-electron chi connectivity index (χ3n) is 5.33. The molecule has 3 rings (SSSR count). The maximum atomic E-state index is 12.3. The number of amides is 2. The Balaban J connectivity index is 1.55. The first-order chi connectivity index (χ1) is 14.7. The second-order valence-corrected chi connectivity index (χ2v) is 8.68. The fourth-order valence-electron chi connectivity index (χ4n) is 3.39. The minimum atomic E-state index is -0.264. The summed E-state index contributed by atoms with van der Waals surface area (Å²) in [5.41, 5.74) is 5.52. The first kappa shape index (κ1) is 22.3. The smallest absolute Gasteiger partial charge is 0.251 e. The Kier molecular flexibility index (Phi) is 6.59. The average Bonchev–Trinajstić information content (AvgIpc) is 3.04. The number of hydrogen-bond acceptors (Lipinski definition) is 3. The molecule has 0 aliphatic rings. The van der Waals surface area contributed by atoms with Crippen molar-refractivity contribution in [1.82, 2.24) is 20.4 Å². The summed E-state index contributed by atoms with van der Waals surface area (Å²) in [6.45, 7) is 10.6. The third kappa shape index (κ3) is 5.40. The number of benzene rings is 2. The van der Waals surface area contributed by atoms with Crippen LogP contribution in [0.3, 0.4) is 0 Å². The van der Waals surface area contributed by atoms with Crippen LogP contribution in [0.2, 0.25) is 0 Å². The van der Waals surface area contributed by atoms with Gasteiger partial charge in [-0.3, -0.25) is 9.59 Å². The Morgan fingerprint density at radius 1 is 0.935 bits per heavy atom. The molecule has 1 heterocycles. The topological polar surface area (TPSA) is 76.0 Å². The molecule has 0 saturated carbocycles. The molecule has 6 heteroatoms. The van der Waals surface area contributed by atoms with Crippen molar-refractivity contribution in [2.75, 3.05) is 6.54 Å². The number of carbonyl (C=O) groups is 2. The molecule has 3 aromatic rings. The van der Waals surface area contributed by atoms with Crippen LogP contribution in [0.1, 0.15) is 53.6 Å². The second kappa shape index (κ2) is 9.16. The summed E-state index contributed by atoms with van der Waals surface area (Å²) < 4.78 is 1.87. The van der Waals surface area contributed by atoms with Crippen molar-refractivity contribution in [2.24, 2.45) is 0 Å². The van der Waals surface area contributed by atoms with E-state index in [2.05, 4.69) is 36.5 Å². The first-order valence-electron chi connectivity index (χ1n) is 10.4. The number of nitrogens with one attached hydrogen (secondary N) is 2. The standard InChI is InChI=1S/C25H30N4O2/c1-17-22(18(2)29(28-17)21-9-7-6-8-10-21)15-26-23(30)16-27-24(31)19-11-13-20(14-12-19)25(3,4)5/h6-14H,15-16H2,1-5H3,(H,26,30)(H,27,31). The highest BCUT2D eigenvalue weighted by molar-refractivity contribution is 5.96. The normalized spacial score (nSPS) is 11.3. The summed E-state index contributed by atoms with van der Waals surface area (Å²) in [5.74, 6) is -0.509. The molecule has 2 N–H and O–H groups in total. The molecule has 31 heavy (non-hydrogen) atoms. The predicted octanol–water partition coefficient (Wildman–Crippen LogP) is 3.83. The van der Waals surface area contributed by atoms with Crippen LogP contribution in [0.4, 0.5) is 0 Å². The van der Waals surface area contributed by atoms with Gasteiger partial charge in [0.25, 0.3) is 5.91 Å². The van der Waals surface area contributed by atoms with Gasteiger partial charge in [0.05, 0.1) is 17.9 Å². The van der Waals surface area contributed by atoms with E-state index in [1.165, 1.54) is 0 Å². The van der Waals surface area contributed by atoms with Gasteiger partial charge >= 0.3 is 0 Å². The van der Waals surface area contributed by atoms with E-state index >= 15 is 0 Å². The summed E-state index contributed by atoms with van der Waals surface area (Å²) in [7, 11) is 0. The van der Waals surface area contributed by atoms with Crippen molar-refractivity contribution in [3.8, 4) is 5.69 Å². The van der Waals surface area contributed by atoms with Crippen LogP contribution in [0.5, 0.6) is 0 Å². The zero-order valence-corrected chi connectivity index (χ0v) is 18.8. The van der Waals surface area contributed by atoms with E-state index in [1.54, 1.807) is 12.1 Å². The van der Waals surface area contributed by atoms with E-state index in [9.17, 15) is 9.59 Å². The fourth-order valence-corrected chi connectivity index (χ4v) is 3.39. The van der Waals surface area contributed by atoms with Crippen LogP contribution in [-0.2, 0) is 16.8 Å². The Bertz CT molecular complexity index is 1060. The van der Waals surface area contributed by atoms with E-state index < -0.39 is 0 Å².